The van der Waals surface area contributed by atoms with Crippen molar-refractivity contribution in [3.8, 4) is 0 Å². The molecule has 0 atom stereocenters. The zero-order chi connectivity index (χ0) is 11.9. The highest BCUT2D eigenvalue weighted by Gasteiger charge is 2.14. The summed E-state index contributed by atoms with van der Waals surface area (Å²) >= 11 is 0. The van der Waals surface area contributed by atoms with Gasteiger partial charge in [0, 0.05) is 21.2 Å². The predicted octanol–water partition coefficient (Wildman–Crippen LogP) is 3.14. The standard InChI is InChI=1S/C12H25NOSi/c1-6-9-13(12(14)7-2)10-8-11-15(3,4)5/h7H,2,6,8-11H2,1,3-5H3. The van der Waals surface area contributed by atoms with E-state index in [4.69, 9.17) is 0 Å². The van der Waals surface area contributed by atoms with Crippen molar-refractivity contribution in [3.63, 3.8) is 0 Å². The van der Waals surface area contributed by atoms with E-state index in [0.29, 0.717) is 0 Å². The highest BCUT2D eigenvalue weighted by atomic mass is 28.3. The smallest absolute Gasteiger partial charge is 0.245 e. The molecule has 88 valence electrons. The number of carbonyl (C=O) groups is 1. The molecule has 0 aliphatic rings. The van der Waals surface area contributed by atoms with Crippen molar-refractivity contribution in [3.05, 3.63) is 12.7 Å². The monoisotopic (exact) mass is 227 g/mol. The first-order valence-electron chi connectivity index (χ1n) is 5.82. The lowest BCUT2D eigenvalue weighted by molar-refractivity contribution is -0.126. The first-order valence-corrected chi connectivity index (χ1v) is 9.52. The van der Waals surface area contributed by atoms with E-state index >= 15 is 0 Å². The molecule has 15 heavy (non-hydrogen) atoms. The molecule has 0 aliphatic heterocycles. The zero-order valence-electron chi connectivity index (χ0n) is 10.7. The van der Waals surface area contributed by atoms with Gasteiger partial charge in [0.15, 0.2) is 0 Å². The summed E-state index contributed by atoms with van der Waals surface area (Å²) in [5.74, 6) is 0.0763. The SMILES string of the molecule is C=CC(=O)N(CCC)CCC[Si](C)(C)C. The minimum absolute atomic E-state index is 0.0763. The minimum atomic E-state index is -0.956. The fraction of sp³-hybridized carbons (Fsp3) is 0.750. The van der Waals surface area contributed by atoms with E-state index in [9.17, 15) is 4.79 Å². The van der Waals surface area contributed by atoms with Crippen LogP contribution in [0.4, 0.5) is 0 Å². The fourth-order valence-corrected chi connectivity index (χ4v) is 2.75. The van der Waals surface area contributed by atoms with E-state index in [1.165, 1.54) is 12.1 Å². The summed E-state index contributed by atoms with van der Waals surface area (Å²) in [6.45, 7) is 14.5. The molecule has 0 fully saturated rings. The summed E-state index contributed by atoms with van der Waals surface area (Å²) in [5, 5.41) is 0. The summed E-state index contributed by atoms with van der Waals surface area (Å²) in [4.78, 5) is 13.4. The van der Waals surface area contributed by atoms with Gasteiger partial charge in [-0.1, -0.05) is 39.2 Å². The maximum Gasteiger partial charge on any atom is 0.245 e. The summed E-state index contributed by atoms with van der Waals surface area (Å²) < 4.78 is 0. The molecule has 1 amide bonds. The van der Waals surface area contributed by atoms with Gasteiger partial charge in [-0.3, -0.25) is 4.79 Å². The third kappa shape index (κ3) is 7.37. The van der Waals surface area contributed by atoms with Crippen LogP contribution in [0.25, 0.3) is 0 Å². The van der Waals surface area contributed by atoms with E-state index < -0.39 is 8.07 Å². The molecular formula is C12H25NOSi. The molecule has 3 heteroatoms. The number of hydrogen-bond donors (Lipinski definition) is 0. The van der Waals surface area contributed by atoms with E-state index in [1.807, 2.05) is 4.90 Å². The van der Waals surface area contributed by atoms with Crippen LogP contribution in [0.2, 0.25) is 25.7 Å². The second-order valence-corrected chi connectivity index (χ2v) is 10.8. The van der Waals surface area contributed by atoms with Crippen molar-refractivity contribution in [2.24, 2.45) is 0 Å². The van der Waals surface area contributed by atoms with Gasteiger partial charge < -0.3 is 4.90 Å². The molecule has 0 unspecified atom stereocenters. The second kappa shape index (κ2) is 6.83. The first-order chi connectivity index (χ1) is 6.90. The molecule has 0 saturated heterocycles. The first kappa shape index (κ1) is 14.4. The molecule has 0 bridgehead atoms. The highest BCUT2D eigenvalue weighted by Crippen LogP contribution is 2.11. The lowest BCUT2D eigenvalue weighted by Crippen LogP contribution is -2.32. The predicted molar refractivity (Wildman–Crippen MR) is 69.8 cm³/mol. The average Bonchev–Trinajstić information content (AvgIpc) is 2.13. The molecule has 0 spiro atoms. The molecular weight excluding hydrogens is 202 g/mol. The molecule has 0 heterocycles. The normalized spacial score (nSPS) is 11.2. The van der Waals surface area contributed by atoms with Crippen LogP contribution >= 0.6 is 0 Å². The highest BCUT2D eigenvalue weighted by molar-refractivity contribution is 6.76. The molecule has 0 aromatic heterocycles. The lowest BCUT2D eigenvalue weighted by atomic mass is 10.3. The Morgan fingerprint density at radius 2 is 1.93 bits per heavy atom. The molecule has 0 saturated carbocycles. The summed E-state index contributed by atoms with van der Waals surface area (Å²) in [5.41, 5.74) is 0. The molecule has 0 aliphatic carbocycles. The Kier molecular flexibility index (Phi) is 6.57. The van der Waals surface area contributed by atoms with Gasteiger partial charge in [-0.2, -0.15) is 0 Å². The molecule has 2 nitrogen and oxygen atoms in total. The van der Waals surface area contributed by atoms with Gasteiger partial charge in [-0.05, 0) is 18.9 Å². The third-order valence-corrected chi connectivity index (χ3v) is 4.19. The van der Waals surface area contributed by atoms with Crippen LogP contribution in [-0.4, -0.2) is 32.0 Å². The number of carbonyl (C=O) groups excluding carboxylic acids is 1. The van der Waals surface area contributed by atoms with E-state index in [0.717, 1.165) is 25.9 Å². The van der Waals surface area contributed by atoms with Crippen LogP contribution in [0, 0.1) is 0 Å². The minimum Gasteiger partial charge on any atom is -0.339 e. The van der Waals surface area contributed by atoms with Gasteiger partial charge in [-0.15, -0.1) is 0 Å². The van der Waals surface area contributed by atoms with Crippen LogP contribution in [-0.2, 0) is 4.79 Å². The van der Waals surface area contributed by atoms with Crippen molar-refractivity contribution in [2.75, 3.05) is 13.1 Å². The van der Waals surface area contributed by atoms with Gasteiger partial charge in [0.2, 0.25) is 5.91 Å². The quantitative estimate of drug-likeness (QED) is 0.483. The summed E-state index contributed by atoms with van der Waals surface area (Å²) in [6, 6.07) is 1.29. The maximum atomic E-state index is 11.5. The largest absolute Gasteiger partial charge is 0.339 e. The summed E-state index contributed by atoms with van der Waals surface area (Å²) in [7, 11) is -0.956. The van der Waals surface area contributed by atoms with Crippen LogP contribution < -0.4 is 0 Å². The lowest BCUT2D eigenvalue weighted by Gasteiger charge is -2.22. The number of rotatable bonds is 7. The van der Waals surface area contributed by atoms with Crippen molar-refractivity contribution >= 4 is 14.0 Å². The van der Waals surface area contributed by atoms with Crippen LogP contribution in [0.1, 0.15) is 19.8 Å². The molecule has 0 N–H and O–H groups in total. The Hall–Kier alpha value is -0.573. The average molecular weight is 227 g/mol. The fourth-order valence-electron chi connectivity index (χ4n) is 1.53. The van der Waals surface area contributed by atoms with E-state index in [1.54, 1.807) is 0 Å². The Morgan fingerprint density at radius 3 is 2.33 bits per heavy atom. The van der Waals surface area contributed by atoms with Gasteiger partial charge in [0.05, 0.1) is 0 Å². The maximum absolute atomic E-state index is 11.5. The van der Waals surface area contributed by atoms with Gasteiger partial charge >= 0.3 is 0 Å². The molecule has 0 aromatic rings. The second-order valence-electron chi connectivity index (χ2n) is 5.19. The topological polar surface area (TPSA) is 20.3 Å². The Balaban J connectivity index is 3.96. The Morgan fingerprint density at radius 1 is 1.33 bits per heavy atom. The van der Waals surface area contributed by atoms with E-state index in [-0.39, 0.29) is 5.91 Å². The van der Waals surface area contributed by atoms with Gasteiger partial charge in [0.25, 0.3) is 0 Å². The zero-order valence-corrected chi connectivity index (χ0v) is 11.7. The van der Waals surface area contributed by atoms with Crippen LogP contribution in [0.15, 0.2) is 12.7 Å². The number of hydrogen-bond acceptors (Lipinski definition) is 1. The van der Waals surface area contributed by atoms with Crippen LogP contribution in [0.3, 0.4) is 0 Å². The van der Waals surface area contributed by atoms with Crippen molar-refractivity contribution in [2.45, 2.75) is 45.5 Å². The van der Waals surface area contributed by atoms with Crippen molar-refractivity contribution in [1.29, 1.82) is 0 Å². The Bertz CT molecular complexity index is 208. The molecule has 0 radical (unpaired) electrons. The summed E-state index contributed by atoms with van der Waals surface area (Å²) in [6.07, 6.45) is 3.58. The number of amides is 1. The molecule has 0 rings (SSSR count). The van der Waals surface area contributed by atoms with Crippen LogP contribution in [0.5, 0.6) is 0 Å². The Labute approximate surface area is 95.4 Å². The third-order valence-electron chi connectivity index (χ3n) is 2.33. The van der Waals surface area contributed by atoms with Gasteiger partial charge in [-0.25, -0.2) is 0 Å². The van der Waals surface area contributed by atoms with E-state index in [2.05, 4.69) is 33.1 Å². The molecule has 0 aromatic carbocycles. The van der Waals surface area contributed by atoms with Crippen molar-refractivity contribution < 1.29 is 4.79 Å². The van der Waals surface area contributed by atoms with Crippen molar-refractivity contribution in [1.82, 2.24) is 4.90 Å². The van der Waals surface area contributed by atoms with Gasteiger partial charge in [0.1, 0.15) is 0 Å². The number of nitrogens with zero attached hydrogens (tertiary/aromatic N) is 1.